The largest absolute Gasteiger partial charge is 0.399 e. The van der Waals surface area contributed by atoms with Crippen LogP contribution in [0.2, 0.25) is 0 Å². The SMILES string of the molecule is Nc1ccc(C(=O)NCC2COCCO2)c(F)c1. The highest BCUT2D eigenvalue weighted by atomic mass is 19.1. The van der Waals surface area contributed by atoms with Gasteiger partial charge in [-0.3, -0.25) is 4.79 Å². The van der Waals surface area contributed by atoms with Crippen molar-refractivity contribution in [1.82, 2.24) is 5.32 Å². The highest BCUT2D eigenvalue weighted by molar-refractivity contribution is 5.94. The van der Waals surface area contributed by atoms with E-state index in [0.29, 0.717) is 26.4 Å². The third-order valence-electron chi connectivity index (χ3n) is 2.61. The molecule has 0 radical (unpaired) electrons. The lowest BCUT2D eigenvalue weighted by Crippen LogP contribution is -2.39. The Hall–Kier alpha value is -1.66. The smallest absolute Gasteiger partial charge is 0.254 e. The molecule has 0 saturated carbocycles. The van der Waals surface area contributed by atoms with Crippen LogP contribution in [-0.2, 0) is 9.47 Å². The Labute approximate surface area is 104 Å². The molecule has 1 fully saturated rings. The van der Waals surface area contributed by atoms with Gasteiger partial charge in [0.15, 0.2) is 0 Å². The quantitative estimate of drug-likeness (QED) is 0.773. The molecule has 6 heteroatoms. The van der Waals surface area contributed by atoms with Crippen molar-refractivity contribution in [1.29, 1.82) is 0 Å². The standard InChI is InChI=1S/C12H15FN2O3/c13-11-5-8(14)1-2-10(11)12(16)15-6-9-7-17-3-4-18-9/h1-2,5,9H,3-4,6-7,14H2,(H,15,16). The number of halogens is 1. The van der Waals surface area contributed by atoms with Crippen LogP contribution in [0.15, 0.2) is 18.2 Å². The van der Waals surface area contributed by atoms with Crippen molar-refractivity contribution in [2.45, 2.75) is 6.10 Å². The second-order valence-corrected chi connectivity index (χ2v) is 4.02. The minimum Gasteiger partial charge on any atom is -0.399 e. The summed E-state index contributed by atoms with van der Waals surface area (Å²) < 4.78 is 24.0. The van der Waals surface area contributed by atoms with Crippen molar-refractivity contribution in [3.63, 3.8) is 0 Å². The topological polar surface area (TPSA) is 73.6 Å². The first-order valence-electron chi connectivity index (χ1n) is 5.69. The number of nitrogen functional groups attached to an aromatic ring is 1. The van der Waals surface area contributed by atoms with E-state index < -0.39 is 11.7 Å². The van der Waals surface area contributed by atoms with Crippen molar-refractivity contribution in [3.05, 3.63) is 29.6 Å². The van der Waals surface area contributed by atoms with Crippen LogP contribution in [-0.4, -0.2) is 38.4 Å². The molecule has 1 amide bonds. The van der Waals surface area contributed by atoms with E-state index in [4.69, 9.17) is 15.2 Å². The van der Waals surface area contributed by atoms with E-state index in [0.717, 1.165) is 6.07 Å². The van der Waals surface area contributed by atoms with Gasteiger partial charge in [0.05, 0.1) is 31.5 Å². The summed E-state index contributed by atoms with van der Waals surface area (Å²) in [7, 11) is 0. The van der Waals surface area contributed by atoms with E-state index in [2.05, 4.69) is 5.32 Å². The lowest BCUT2D eigenvalue weighted by atomic mass is 10.2. The number of anilines is 1. The molecule has 1 aromatic carbocycles. The molecule has 0 spiro atoms. The Kier molecular flexibility index (Phi) is 4.11. The number of ether oxygens (including phenoxy) is 2. The Bertz CT molecular complexity index is 433. The van der Waals surface area contributed by atoms with Crippen molar-refractivity contribution < 1.29 is 18.7 Å². The molecule has 18 heavy (non-hydrogen) atoms. The Balaban J connectivity index is 1.90. The van der Waals surface area contributed by atoms with Gasteiger partial charge < -0.3 is 20.5 Å². The van der Waals surface area contributed by atoms with E-state index in [1.807, 2.05) is 0 Å². The first-order chi connectivity index (χ1) is 8.66. The predicted molar refractivity (Wildman–Crippen MR) is 63.7 cm³/mol. The average molecular weight is 254 g/mol. The summed E-state index contributed by atoms with van der Waals surface area (Å²) in [5.41, 5.74) is 5.67. The lowest BCUT2D eigenvalue weighted by molar-refractivity contribution is -0.0855. The van der Waals surface area contributed by atoms with Gasteiger partial charge in [0, 0.05) is 12.2 Å². The molecule has 1 unspecified atom stereocenters. The maximum absolute atomic E-state index is 13.5. The molecular weight excluding hydrogens is 239 g/mol. The fraction of sp³-hybridized carbons (Fsp3) is 0.417. The third-order valence-corrected chi connectivity index (χ3v) is 2.61. The molecule has 0 bridgehead atoms. The molecule has 5 nitrogen and oxygen atoms in total. The summed E-state index contributed by atoms with van der Waals surface area (Å²) in [6.07, 6.45) is -0.181. The van der Waals surface area contributed by atoms with Gasteiger partial charge in [0.1, 0.15) is 5.82 Å². The third kappa shape index (κ3) is 3.18. The molecule has 1 atom stereocenters. The van der Waals surface area contributed by atoms with E-state index in [-0.39, 0.29) is 17.4 Å². The highest BCUT2D eigenvalue weighted by Gasteiger charge is 2.17. The number of carbonyl (C=O) groups excluding carboxylic acids is 1. The zero-order chi connectivity index (χ0) is 13.0. The minimum atomic E-state index is -0.631. The summed E-state index contributed by atoms with van der Waals surface area (Å²) in [5.74, 6) is -1.12. The molecule has 1 aliphatic heterocycles. The molecule has 1 saturated heterocycles. The zero-order valence-corrected chi connectivity index (χ0v) is 9.82. The highest BCUT2D eigenvalue weighted by Crippen LogP contribution is 2.11. The number of benzene rings is 1. The van der Waals surface area contributed by atoms with Crippen molar-refractivity contribution in [2.75, 3.05) is 32.1 Å². The molecule has 98 valence electrons. The van der Waals surface area contributed by atoms with Gasteiger partial charge >= 0.3 is 0 Å². The van der Waals surface area contributed by atoms with E-state index in [1.54, 1.807) is 0 Å². The van der Waals surface area contributed by atoms with Crippen LogP contribution in [0.1, 0.15) is 10.4 Å². The van der Waals surface area contributed by atoms with Crippen LogP contribution in [0, 0.1) is 5.82 Å². The molecule has 3 N–H and O–H groups in total. The summed E-state index contributed by atoms with van der Waals surface area (Å²) in [4.78, 5) is 11.7. The number of rotatable bonds is 3. The van der Waals surface area contributed by atoms with Gasteiger partial charge in [-0.1, -0.05) is 0 Å². The van der Waals surface area contributed by atoms with Crippen LogP contribution in [0.4, 0.5) is 10.1 Å². The molecular formula is C12H15FN2O3. The number of amides is 1. The molecule has 2 rings (SSSR count). The summed E-state index contributed by atoms with van der Waals surface area (Å²) in [6, 6.07) is 3.96. The molecule has 0 aliphatic carbocycles. The Morgan fingerprint density at radius 1 is 1.50 bits per heavy atom. The normalized spacial score (nSPS) is 19.5. The number of nitrogens with one attached hydrogen (secondary N) is 1. The number of hydrogen-bond acceptors (Lipinski definition) is 4. The fourth-order valence-corrected chi connectivity index (χ4v) is 1.67. The van der Waals surface area contributed by atoms with Crippen molar-refractivity contribution in [2.24, 2.45) is 0 Å². The first kappa shape index (κ1) is 12.8. The van der Waals surface area contributed by atoms with Gasteiger partial charge in [0.2, 0.25) is 0 Å². The van der Waals surface area contributed by atoms with Crippen LogP contribution in [0.25, 0.3) is 0 Å². The van der Waals surface area contributed by atoms with E-state index in [1.165, 1.54) is 12.1 Å². The second-order valence-electron chi connectivity index (χ2n) is 4.02. The molecule has 0 aromatic heterocycles. The summed E-state index contributed by atoms with van der Waals surface area (Å²) in [6.45, 7) is 1.81. The maximum atomic E-state index is 13.5. The minimum absolute atomic E-state index is 0.0269. The van der Waals surface area contributed by atoms with Crippen molar-refractivity contribution >= 4 is 11.6 Å². The number of hydrogen-bond donors (Lipinski definition) is 2. The van der Waals surface area contributed by atoms with Crippen LogP contribution < -0.4 is 11.1 Å². The summed E-state index contributed by atoms with van der Waals surface area (Å²) >= 11 is 0. The zero-order valence-electron chi connectivity index (χ0n) is 9.82. The average Bonchev–Trinajstić information content (AvgIpc) is 2.37. The number of carbonyl (C=O) groups is 1. The van der Waals surface area contributed by atoms with Crippen molar-refractivity contribution in [3.8, 4) is 0 Å². The van der Waals surface area contributed by atoms with Gasteiger partial charge in [0.25, 0.3) is 5.91 Å². The van der Waals surface area contributed by atoms with Gasteiger partial charge in [-0.05, 0) is 18.2 Å². The van der Waals surface area contributed by atoms with Crippen LogP contribution in [0.5, 0.6) is 0 Å². The second kappa shape index (κ2) is 5.79. The molecule has 1 aliphatic rings. The van der Waals surface area contributed by atoms with Crippen LogP contribution >= 0.6 is 0 Å². The fourth-order valence-electron chi connectivity index (χ4n) is 1.67. The molecule has 1 heterocycles. The lowest BCUT2D eigenvalue weighted by Gasteiger charge is -2.23. The Morgan fingerprint density at radius 2 is 2.33 bits per heavy atom. The van der Waals surface area contributed by atoms with E-state index in [9.17, 15) is 9.18 Å². The predicted octanol–water partition coefficient (Wildman–Crippen LogP) is 0.553. The maximum Gasteiger partial charge on any atom is 0.254 e. The number of nitrogens with two attached hydrogens (primary N) is 1. The molecule has 1 aromatic rings. The van der Waals surface area contributed by atoms with E-state index >= 15 is 0 Å². The van der Waals surface area contributed by atoms with Gasteiger partial charge in [-0.25, -0.2) is 4.39 Å². The first-order valence-corrected chi connectivity index (χ1v) is 5.69. The monoisotopic (exact) mass is 254 g/mol. The van der Waals surface area contributed by atoms with Gasteiger partial charge in [-0.15, -0.1) is 0 Å². The summed E-state index contributed by atoms with van der Waals surface area (Å²) in [5, 5.41) is 2.60. The van der Waals surface area contributed by atoms with Crippen LogP contribution in [0.3, 0.4) is 0 Å². The van der Waals surface area contributed by atoms with Gasteiger partial charge in [-0.2, -0.15) is 0 Å². The Morgan fingerprint density at radius 3 is 3.00 bits per heavy atom.